The van der Waals surface area contributed by atoms with Crippen molar-refractivity contribution in [3.63, 3.8) is 0 Å². The molecule has 3 unspecified atom stereocenters. The van der Waals surface area contributed by atoms with Gasteiger partial charge >= 0.3 is 109 Å². The van der Waals surface area contributed by atoms with E-state index in [2.05, 4.69) is 147 Å². The summed E-state index contributed by atoms with van der Waals surface area (Å²) in [6, 6.07) is 50.3. The van der Waals surface area contributed by atoms with Gasteiger partial charge < -0.3 is 41.2 Å². The van der Waals surface area contributed by atoms with Gasteiger partial charge in [0.25, 0.3) is 6.47 Å². The minimum Gasteiger partial charge on any atom is -1.00 e. The number of carbonyl (C=O) groups is 2. The molecule has 3 aliphatic carbocycles. The third-order valence-corrected chi connectivity index (χ3v) is 22.5. The van der Waals surface area contributed by atoms with Crippen molar-refractivity contribution in [2.75, 3.05) is 62.0 Å². The summed E-state index contributed by atoms with van der Waals surface area (Å²) < 4.78 is 6.63. The molecule has 14 rings (SSSR count). The molecule has 5 aliphatic rings. The van der Waals surface area contributed by atoms with Crippen LogP contribution in [0.2, 0.25) is 15.1 Å². The largest absolute Gasteiger partial charge is 1.00 e. The third kappa shape index (κ3) is 22.2. The molecule has 6 aromatic carbocycles. The van der Waals surface area contributed by atoms with E-state index in [0.717, 1.165) is 112 Å². The number of aromatic nitrogens is 3. The number of benzene rings is 6. The molecule has 3 atom stereocenters. The van der Waals surface area contributed by atoms with Gasteiger partial charge in [-0.2, -0.15) is 15.8 Å². The first-order valence-corrected chi connectivity index (χ1v) is 36.7. The Hall–Kier alpha value is -4.87. The summed E-state index contributed by atoms with van der Waals surface area (Å²) in [5.41, 5.74) is 17.8. The van der Waals surface area contributed by atoms with Gasteiger partial charge in [0.1, 0.15) is 55.5 Å². The van der Waals surface area contributed by atoms with Crippen LogP contribution in [-0.4, -0.2) is 85.3 Å². The number of nitrogens with one attached hydrogen (secondary N) is 1. The van der Waals surface area contributed by atoms with Crippen LogP contribution < -0.4 is 128 Å². The van der Waals surface area contributed by atoms with E-state index < -0.39 is 5.60 Å². The van der Waals surface area contributed by atoms with Crippen LogP contribution >= 0.6 is 97.2 Å². The van der Waals surface area contributed by atoms with E-state index in [1.165, 1.54) is 89.7 Å². The van der Waals surface area contributed by atoms with Crippen molar-refractivity contribution >= 4 is 136 Å². The molecule has 105 heavy (non-hydrogen) atoms. The Bertz CT molecular complexity index is 4650. The second kappa shape index (κ2) is 41.8. The number of nitriles is 3. The Morgan fingerprint density at radius 3 is 1.27 bits per heavy atom. The number of fused-ring (bicyclic) bond motifs is 3. The molecule has 1 N–H and O–H groups in total. The summed E-state index contributed by atoms with van der Waals surface area (Å²) in [7, 11) is 6.23. The van der Waals surface area contributed by atoms with Gasteiger partial charge in [0.15, 0.2) is 15.4 Å². The SMILES string of the molecule is C.C.C.CN(c1nc(-c2ccc(Cl)cc2)c(C#N)s1)C1CCc2ccc(Br)cc21.CN(c1nc(-c2ccc(Cl)cc2)c(C#N)s1)C1CCc2ccc(C3=CCN(C(=O)OC(C)(C)C)CC3)cc21.CN(c1nc(-c2ccc(Cl)cc2)c(C#N)s1)C1CCc2ccc(C3=CCNCC3)cc21.Cl.O=CO[O-].[H-].[K+].[K+]. The summed E-state index contributed by atoms with van der Waals surface area (Å²) in [4.78, 5) is 48.5. The summed E-state index contributed by atoms with van der Waals surface area (Å²) in [5, 5.41) is 45.4. The molecule has 26 heteroatoms. The zero-order chi connectivity index (χ0) is 70.1. The minimum atomic E-state index is -0.497. The number of thiazole rings is 3. The first-order valence-electron chi connectivity index (χ1n) is 32.3. The van der Waals surface area contributed by atoms with Gasteiger partial charge in [0.2, 0.25) is 0 Å². The van der Waals surface area contributed by atoms with Crippen molar-refractivity contribution in [3.05, 3.63) is 218 Å². The summed E-state index contributed by atoms with van der Waals surface area (Å²) >= 11 is 26.0. The minimum absolute atomic E-state index is 0. The average molecular weight is 1660 g/mol. The fourth-order valence-corrected chi connectivity index (χ4v) is 16.5. The van der Waals surface area contributed by atoms with E-state index in [9.17, 15) is 20.6 Å². The van der Waals surface area contributed by atoms with Crippen LogP contribution in [0.25, 0.3) is 44.9 Å². The number of halogens is 5. The number of rotatable bonds is 12. The van der Waals surface area contributed by atoms with Crippen LogP contribution in [0.3, 0.4) is 0 Å². The molecule has 0 saturated carbocycles. The molecule has 1 amide bonds. The van der Waals surface area contributed by atoms with Gasteiger partial charge in [-0.15, -0.1) is 12.4 Å². The normalized spacial score (nSPS) is 15.4. The first-order chi connectivity index (χ1) is 47.7. The number of amides is 1. The van der Waals surface area contributed by atoms with Crippen LogP contribution in [0.1, 0.15) is 154 Å². The van der Waals surface area contributed by atoms with Crippen molar-refractivity contribution in [1.29, 1.82) is 15.8 Å². The first kappa shape index (κ1) is 90.7. The van der Waals surface area contributed by atoms with E-state index in [1.807, 2.05) is 93.6 Å². The Morgan fingerprint density at radius 1 is 0.590 bits per heavy atom. The van der Waals surface area contributed by atoms with Gasteiger partial charge in [-0.05, 0) is 195 Å². The van der Waals surface area contributed by atoms with Crippen LogP contribution in [0, 0.1) is 34.0 Å². The van der Waals surface area contributed by atoms with E-state index in [-0.39, 0.29) is 170 Å². The molecule has 0 fully saturated rings. The maximum absolute atomic E-state index is 12.5. The molecule has 5 heterocycles. The van der Waals surface area contributed by atoms with Crippen LogP contribution in [0.4, 0.5) is 20.2 Å². The molecular weight excluding hydrogens is 1580 g/mol. The van der Waals surface area contributed by atoms with Crippen molar-refractivity contribution in [3.8, 4) is 52.0 Å². The number of anilines is 3. The molecule has 0 radical (unpaired) electrons. The number of hydrogen-bond acceptors (Lipinski definition) is 18. The van der Waals surface area contributed by atoms with E-state index in [4.69, 9.17) is 64.5 Å². The van der Waals surface area contributed by atoms with E-state index >= 15 is 0 Å². The van der Waals surface area contributed by atoms with Gasteiger partial charge in [-0.25, -0.2) is 19.7 Å². The van der Waals surface area contributed by atoms with Crippen molar-refractivity contribution in [2.24, 2.45) is 0 Å². The maximum atomic E-state index is 12.5. The number of nitrogens with zero attached hydrogens (tertiary/aromatic N) is 10. The predicted molar refractivity (Wildman–Crippen MR) is 429 cm³/mol. The van der Waals surface area contributed by atoms with Crippen LogP contribution in [-0.2, 0) is 33.7 Å². The molecule has 2 aliphatic heterocycles. The topological polar surface area (TPSA) is 211 Å². The van der Waals surface area contributed by atoms with Gasteiger partial charge in [0, 0.05) is 77.0 Å². The number of ether oxygens (including phenoxy) is 1. The molecule has 9 aromatic rings. The monoisotopic (exact) mass is 1660 g/mol. The fourth-order valence-electron chi connectivity index (χ4n) is 13.0. The van der Waals surface area contributed by atoms with Crippen LogP contribution in [0.5, 0.6) is 0 Å². The summed E-state index contributed by atoms with van der Waals surface area (Å²) in [5.74, 6) is 0. The fraction of sp³-hybridized carbons (Fsp3) is 0.316. The van der Waals surface area contributed by atoms with Crippen LogP contribution in [0.15, 0.2) is 144 Å². The Balaban J connectivity index is 0.000000322. The Morgan fingerprint density at radius 2 is 0.943 bits per heavy atom. The molecule has 3 aromatic heterocycles. The quantitative estimate of drug-likeness (QED) is 0.0522. The number of carbonyl (C=O) groups excluding carboxylic acids is 2. The Kier molecular flexibility index (Phi) is 36.1. The number of hydrogen-bond donors (Lipinski definition) is 1. The van der Waals surface area contributed by atoms with Crippen molar-refractivity contribution in [1.82, 2.24) is 25.2 Å². The second-order valence-electron chi connectivity index (χ2n) is 25.3. The van der Waals surface area contributed by atoms with Crippen molar-refractivity contribution in [2.45, 2.75) is 118 Å². The number of aryl methyl sites for hydroxylation is 3. The zero-order valence-corrected chi connectivity index (χ0v) is 71.1. The zero-order valence-electron chi connectivity index (χ0n) is 58.7. The molecule has 540 valence electrons. The van der Waals surface area contributed by atoms with E-state index in [1.54, 1.807) is 4.90 Å². The summed E-state index contributed by atoms with van der Waals surface area (Å²) in [6.45, 7) is 8.66. The maximum Gasteiger partial charge on any atom is 1.00 e. The molecule has 0 spiro atoms. The summed E-state index contributed by atoms with van der Waals surface area (Å²) in [6.07, 6.45) is 12.3. The smallest absolute Gasteiger partial charge is 1.00 e. The third-order valence-electron chi connectivity index (χ3n) is 18.1. The second-order valence-corrected chi connectivity index (χ2v) is 30.5. The molecular formula is C79H84BrCl4K2N11O5S3. The van der Waals surface area contributed by atoms with Gasteiger partial charge in [-0.3, -0.25) is 4.79 Å². The van der Waals surface area contributed by atoms with Gasteiger partial charge in [-0.1, -0.05) is 186 Å². The molecule has 16 nitrogen and oxygen atoms in total. The average Bonchev–Trinajstić information content (AvgIpc) is 1.63. The van der Waals surface area contributed by atoms with E-state index in [0.29, 0.717) is 48.5 Å². The van der Waals surface area contributed by atoms with Gasteiger partial charge in [0.05, 0.1) is 18.1 Å². The molecule has 0 bridgehead atoms. The Labute approximate surface area is 746 Å². The van der Waals surface area contributed by atoms with Crippen molar-refractivity contribution < 1.29 is 129 Å². The standard InChI is InChI=1S/C30H31ClN4O2S.C25H23ClN4S.C20H15BrClN3S.CH2O3.3CH4.ClH.2K.H/c1-30(2,3)37-29(36)35-15-13-19(14-16-35)22-6-5-20-9-12-25(24(20)17-22)34(4)28-33-27(26(18-32)38-28)21-7-10-23(31)11-8-21;1-30(25-29-24(23(15-27)31-25)18-4-7-20(26)8-5-18)22-9-6-17-2-3-19(14-21(17)22)16-10-12-28-13-11-16;1-25(17-9-5-12-2-6-14(21)10-16(12)17)20-24-19(18(11-23)26-20)13-3-7-15(22)8-4-13;2-1-4-3;;;;;;;/h5-8,10-11,13,17,25H,9,12,14-16H2,1-4H3;2-5,7-8,10,14,22,28H,6,9,11-13H2,1H3;2-4,6-8,10,17H,5,9H2,1H3;1,3H;3*1H4;1H;;;/q;;;;;;;;2*+1;-1/p-1. The predicted octanol–water partition coefficient (Wildman–Crippen LogP) is 14.4. The molecule has 0 saturated heterocycles.